The van der Waals surface area contributed by atoms with E-state index >= 15 is 0 Å². The van der Waals surface area contributed by atoms with E-state index in [4.69, 9.17) is 5.73 Å². The molecule has 0 saturated heterocycles. The van der Waals surface area contributed by atoms with E-state index in [2.05, 4.69) is 47.3 Å². The summed E-state index contributed by atoms with van der Waals surface area (Å²) in [6.45, 7) is 4.12. The van der Waals surface area contributed by atoms with E-state index in [9.17, 15) is 0 Å². The fraction of sp³-hybridized carbons (Fsp3) is 0.167. The number of aromatic nitrogens is 2. The quantitative estimate of drug-likeness (QED) is 0.805. The lowest BCUT2D eigenvalue weighted by atomic mass is 10.1. The van der Waals surface area contributed by atoms with Crippen molar-refractivity contribution in [3.05, 3.63) is 41.7 Å². The van der Waals surface area contributed by atoms with Crippen LogP contribution >= 0.6 is 0 Å². The van der Waals surface area contributed by atoms with E-state index in [1.54, 1.807) is 6.20 Å². The molecule has 3 N–H and O–H groups in total. The Kier molecular flexibility index (Phi) is 2.72. The number of benzene rings is 1. The molecule has 2 rings (SSSR count). The fourth-order valence-corrected chi connectivity index (χ4v) is 1.60. The number of hydrogen-bond donors (Lipinski definition) is 2. The SMILES string of the molecule is Cc1cc(C)cc(Nc2cnc(N)cn2)c1. The first-order chi connectivity index (χ1) is 7.63. The number of hydrogen-bond acceptors (Lipinski definition) is 4. The predicted octanol–water partition coefficient (Wildman–Crippen LogP) is 2.42. The zero-order valence-corrected chi connectivity index (χ0v) is 9.36. The normalized spacial score (nSPS) is 10.1. The summed E-state index contributed by atoms with van der Waals surface area (Å²) >= 11 is 0. The average molecular weight is 214 g/mol. The van der Waals surface area contributed by atoms with Crippen molar-refractivity contribution >= 4 is 17.3 Å². The summed E-state index contributed by atoms with van der Waals surface area (Å²) in [6, 6.07) is 6.25. The maximum atomic E-state index is 5.47. The molecule has 0 spiro atoms. The summed E-state index contributed by atoms with van der Waals surface area (Å²) in [5, 5.41) is 3.18. The van der Waals surface area contributed by atoms with Crippen molar-refractivity contribution in [3.8, 4) is 0 Å². The van der Waals surface area contributed by atoms with Crippen LogP contribution in [-0.2, 0) is 0 Å². The Labute approximate surface area is 94.5 Å². The molecule has 2 aromatic rings. The smallest absolute Gasteiger partial charge is 0.149 e. The van der Waals surface area contributed by atoms with Gasteiger partial charge >= 0.3 is 0 Å². The molecular formula is C12H14N4. The molecule has 1 aromatic heterocycles. The van der Waals surface area contributed by atoms with Crippen LogP contribution in [0.25, 0.3) is 0 Å². The summed E-state index contributed by atoms with van der Waals surface area (Å²) < 4.78 is 0. The minimum Gasteiger partial charge on any atom is -0.382 e. The fourth-order valence-electron chi connectivity index (χ4n) is 1.60. The number of nitrogens with one attached hydrogen (secondary N) is 1. The third kappa shape index (κ3) is 2.48. The van der Waals surface area contributed by atoms with Gasteiger partial charge in [0, 0.05) is 5.69 Å². The van der Waals surface area contributed by atoms with Gasteiger partial charge in [0.05, 0.1) is 12.4 Å². The van der Waals surface area contributed by atoms with Crippen molar-refractivity contribution in [2.24, 2.45) is 0 Å². The first kappa shape index (κ1) is 10.4. The van der Waals surface area contributed by atoms with Crippen molar-refractivity contribution in [3.63, 3.8) is 0 Å². The topological polar surface area (TPSA) is 63.8 Å². The summed E-state index contributed by atoms with van der Waals surface area (Å²) in [7, 11) is 0. The van der Waals surface area contributed by atoms with E-state index in [1.165, 1.54) is 17.3 Å². The second-order valence-corrected chi connectivity index (χ2v) is 3.83. The van der Waals surface area contributed by atoms with Gasteiger partial charge in [-0.2, -0.15) is 0 Å². The minimum atomic E-state index is 0.422. The number of anilines is 3. The maximum absolute atomic E-state index is 5.47. The number of rotatable bonds is 2. The van der Waals surface area contributed by atoms with Gasteiger partial charge < -0.3 is 11.1 Å². The zero-order chi connectivity index (χ0) is 11.5. The molecule has 0 saturated carbocycles. The van der Waals surface area contributed by atoms with Gasteiger partial charge in [0.25, 0.3) is 0 Å². The Morgan fingerprint density at radius 3 is 2.25 bits per heavy atom. The highest BCUT2D eigenvalue weighted by Gasteiger charge is 1.98. The molecule has 16 heavy (non-hydrogen) atoms. The summed E-state index contributed by atoms with van der Waals surface area (Å²) in [6.07, 6.45) is 3.15. The van der Waals surface area contributed by atoms with Gasteiger partial charge in [0.15, 0.2) is 0 Å². The van der Waals surface area contributed by atoms with Crippen LogP contribution in [0.5, 0.6) is 0 Å². The Balaban J connectivity index is 2.23. The van der Waals surface area contributed by atoms with Crippen LogP contribution in [0.4, 0.5) is 17.3 Å². The molecule has 82 valence electrons. The van der Waals surface area contributed by atoms with Crippen LogP contribution in [0, 0.1) is 13.8 Å². The Bertz CT molecular complexity index is 471. The second kappa shape index (κ2) is 4.18. The highest BCUT2D eigenvalue weighted by Crippen LogP contribution is 2.17. The molecule has 0 fully saturated rings. The van der Waals surface area contributed by atoms with Gasteiger partial charge in [0.1, 0.15) is 11.6 Å². The van der Waals surface area contributed by atoms with Crippen molar-refractivity contribution in [1.29, 1.82) is 0 Å². The van der Waals surface area contributed by atoms with Crippen molar-refractivity contribution in [2.75, 3.05) is 11.1 Å². The van der Waals surface area contributed by atoms with Gasteiger partial charge in [-0.25, -0.2) is 9.97 Å². The zero-order valence-electron chi connectivity index (χ0n) is 9.36. The monoisotopic (exact) mass is 214 g/mol. The van der Waals surface area contributed by atoms with Crippen molar-refractivity contribution < 1.29 is 0 Å². The lowest BCUT2D eigenvalue weighted by Gasteiger charge is -2.07. The molecule has 0 bridgehead atoms. The van der Waals surface area contributed by atoms with Crippen LogP contribution in [0.15, 0.2) is 30.6 Å². The molecular weight excluding hydrogens is 200 g/mol. The van der Waals surface area contributed by atoms with E-state index < -0.39 is 0 Å². The molecule has 1 aromatic carbocycles. The molecule has 4 nitrogen and oxygen atoms in total. The number of nitrogens with two attached hydrogens (primary N) is 1. The molecule has 0 aliphatic rings. The van der Waals surface area contributed by atoms with Gasteiger partial charge in [-0.05, 0) is 37.1 Å². The van der Waals surface area contributed by atoms with E-state index in [0.717, 1.165) is 5.69 Å². The number of nitrogens with zero attached hydrogens (tertiary/aromatic N) is 2. The average Bonchev–Trinajstić information content (AvgIpc) is 2.20. The van der Waals surface area contributed by atoms with Crippen LogP contribution < -0.4 is 11.1 Å². The maximum Gasteiger partial charge on any atom is 0.149 e. The first-order valence-corrected chi connectivity index (χ1v) is 5.06. The Morgan fingerprint density at radius 1 is 1.00 bits per heavy atom. The van der Waals surface area contributed by atoms with Crippen molar-refractivity contribution in [2.45, 2.75) is 13.8 Å². The third-order valence-corrected chi connectivity index (χ3v) is 2.17. The van der Waals surface area contributed by atoms with E-state index in [-0.39, 0.29) is 0 Å². The highest BCUT2D eigenvalue weighted by molar-refractivity contribution is 5.57. The Hall–Kier alpha value is -2.10. The van der Waals surface area contributed by atoms with E-state index in [1.807, 2.05) is 0 Å². The number of nitrogen functional groups attached to an aromatic ring is 1. The highest BCUT2D eigenvalue weighted by atomic mass is 15.0. The van der Waals surface area contributed by atoms with Crippen LogP contribution in [0.2, 0.25) is 0 Å². The van der Waals surface area contributed by atoms with Gasteiger partial charge in [0.2, 0.25) is 0 Å². The van der Waals surface area contributed by atoms with Crippen LogP contribution in [0.3, 0.4) is 0 Å². The van der Waals surface area contributed by atoms with E-state index in [0.29, 0.717) is 11.6 Å². The summed E-state index contributed by atoms with van der Waals surface area (Å²) in [5.41, 5.74) is 8.91. The van der Waals surface area contributed by atoms with Gasteiger partial charge in [-0.15, -0.1) is 0 Å². The standard InChI is InChI=1S/C12H14N4/c1-8-3-9(2)5-10(4-8)16-12-7-14-11(13)6-15-12/h3-7H,1-2H3,(H2,13,14)(H,15,16). The predicted molar refractivity (Wildman–Crippen MR) is 65.6 cm³/mol. The third-order valence-electron chi connectivity index (χ3n) is 2.17. The molecule has 0 aliphatic carbocycles. The largest absolute Gasteiger partial charge is 0.382 e. The molecule has 0 radical (unpaired) electrons. The van der Waals surface area contributed by atoms with Crippen molar-refractivity contribution in [1.82, 2.24) is 9.97 Å². The van der Waals surface area contributed by atoms with Gasteiger partial charge in [-0.1, -0.05) is 6.07 Å². The Morgan fingerprint density at radius 2 is 1.69 bits per heavy atom. The summed E-state index contributed by atoms with van der Waals surface area (Å²) in [5.74, 6) is 1.12. The lowest BCUT2D eigenvalue weighted by molar-refractivity contribution is 1.20. The molecule has 0 unspecified atom stereocenters. The lowest BCUT2D eigenvalue weighted by Crippen LogP contribution is -1.97. The molecule has 1 heterocycles. The molecule has 0 atom stereocenters. The number of aryl methyl sites for hydroxylation is 2. The second-order valence-electron chi connectivity index (χ2n) is 3.83. The molecule has 4 heteroatoms. The minimum absolute atomic E-state index is 0.422. The van der Waals surface area contributed by atoms with Gasteiger partial charge in [-0.3, -0.25) is 0 Å². The van der Waals surface area contributed by atoms with Crippen LogP contribution in [-0.4, -0.2) is 9.97 Å². The van der Waals surface area contributed by atoms with Crippen LogP contribution in [0.1, 0.15) is 11.1 Å². The first-order valence-electron chi connectivity index (χ1n) is 5.06. The molecule has 0 aliphatic heterocycles. The summed E-state index contributed by atoms with van der Waals surface area (Å²) in [4.78, 5) is 8.11. The molecule has 0 amide bonds.